The van der Waals surface area contributed by atoms with E-state index in [2.05, 4.69) is 9.78 Å². The molecule has 0 aromatic heterocycles. The molecule has 12 heavy (non-hydrogen) atoms. The van der Waals surface area contributed by atoms with Gasteiger partial charge >= 0.3 is 0 Å². The summed E-state index contributed by atoms with van der Waals surface area (Å²) in [6.45, 7) is 2.60. The highest BCUT2D eigenvalue weighted by Gasteiger charge is 2.02. The van der Waals surface area contributed by atoms with Gasteiger partial charge in [0.15, 0.2) is 0 Å². The lowest BCUT2D eigenvalue weighted by molar-refractivity contribution is -0.293. The molecule has 0 radical (unpaired) electrons. The molecule has 0 saturated carbocycles. The van der Waals surface area contributed by atoms with Crippen molar-refractivity contribution in [3.05, 3.63) is 0 Å². The second-order valence-electron chi connectivity index (χ2n) is 2.28. The molecule has 0 aromatic rings. The van der Waals surface area contributed by atoms with E-state index in [4.69, 9.17) is 4.55 Å². The van der Waals surface area contributed by atoms with Crippen LogP contribution in [0, 0.1) is 0 Å². The molecule has 1 N–H and O–H groups in total. The number of rotatable bonds is 7. The van der Waals surface area contributed by atoms with Crippen molar-refractivity contribution in [2.45, 2.75) is 19.8 Å². The molecule has 0 aliphatic heterocycles. The topological polar surface area (TPSA) is 72.8 Å². The summed E-state index contributed by atoms with van der Waals surface area (Å²) >= 11 is 0. The van der Waals surface area contributed by atoms with Gasteiger partial charge in [0, 0.05) is 0 Å². The molecule has 0 unspecified atom stereocenters. The molecule has 5 nitrogen and oxygen atoms in total. The molecule has 0 aliphatic rings. The van der Waals surface area contributed by atoms with Gasteiger partial charge in [-0.3, -0.25) is 4.55 Å². The predicted molar refractivity (Wildman–Crippen MR) is 43.2 cm³/mol. The summed E-state index contributed by atoms with van der Waals surface area (Å²) in [6.07, 6.45) is 1.08. The highest BCUT2D eigenvalue weighted by atomic mass is 32.2. The van der Waals surface area contributed by atoms with Gasteiger partial charge in [-0.25, -0.2) is 9.78 Å². The van der Waals surface area contributed by atoms with Crippen LogP contribution < -0.4 is 0 Å². The molecule has 0 saturated heterocycles. The van der Waals surface area contributed by atoms with Crippen molar-refractivity contribution in [3.8, 4) is 0 Å². The quantitative estimate of drug-likeness (QED) is 0.281. The van der Waals surface area contributed by atoms with E-state index in [-0.39, 0.29) is 18.8 Å². The molecular formula is C6H14O5S. The Labute approximate surface area is 72.3 Å². The zero-order valence-electron chi connectivity index (χ0n) is 7.02. The summed E-state index contributed by atoms with van der Waals surface area (Å²) in [5.74, 6) is -0.289. The van der Waals surface area contributed by atoms with Gasteiger partial charge in [0.2, 0.25) is 0 Å². The lowest BCUT2D eigenvalue weighted by Crippen LogP contribution is -2.07. The third-order valence-electron chi connectivity index (χ3n) is 1.00. The average Bonchev–Trinajstić information content (AvgIpc) is 1.94. The van der Waals surface area contributed by atoms with E-state index < -0.39 is 10.1 Å². The van der Waals surface area contributed by atoms with Crippen LogP contribution >= 0.6 is 0 Å². The van der Waals surface area contributed by atoms with Crippen LogP contribution in [-0.4, -0.2) is 31.9 Å². The van der Waals surface area contributed by atoms with Crippen LogP contribution in [0.4, 0.5) is 0 Å². The number of hydrogen-bond acceptors (Lipinski definition) is 4. The zero-order chi connectivity index (χ0) is 9.45. The van der Waals surface area contributed by atoms with Crippen molar-refractivity contribution in [2.75, 3.05) is 19.0 Å². The molecule has 74 valence electrons. The Morgan fingerprint density at radius 2 is 1.83 bits per heavy atom. The summed E-state index contributed by atoms with van der Waals surface area (Å²) in [7, 11) is -3.85. The van der Waals surface area contributed by atoms with Crippen LogP contribution in [0.1, 0.15) is 19.8 Å². The van der Waals surface area contributed by atoms with Gasteiger partial charge in [-0.05, 0) is 12.8 Å². The highest BCUT2D eigenvalue weighted by molar-refractivity contribution is 7.85. The first-order chi connectivity index (χ1) is 5.56. The minimum atomic E-state index is -3.85. The third-order valence-corrected chi connectivity index (χ3v) is 1.81. The fourth-order valence-electron chi connectivity index (χ4n) is 0.501. The van der Waals surface area contributed by atoms with Crippen molar-refractivity contribution in [3.63, 3.8) is 0 Å². The summed E-state index contributed by atoms with van der Waals surface area (Å²) in [6, 6.07) is 0. The molecule has 0 rings (SSSR count). The van der Waals surface area contributed by atoms with Crippen LogP contribution in [0.15, 0.2) is 0 Å². The molecule has 6 heteroatoms. The Kier molecular flexibility index (Phi) is 6.27. The average molecular weight is 198 g/mol. The first-order valence-corrected chi connectivity index (χ1v) is 5.36. The van der Waals surface area contributed by atoms with E-state index >= 15 is 0 Å². The van der Waals surface area contributed by atoms with Crippen LogP contribution in [0.5, 0.6) is 0 Å². The Morgan fingerprint density at radius 1 is 1.25 bits per heavy atom. The van der Waals surface area contributed by atoms with Crippen LogP contribution in [0.2, 0.25) is 0 Å². The summed E-state index contributed by atoms with van der Waals surface area (Å²) < 4.78 is 28.7. The zero-order valence-corrected chi connectivity index (χ0v) is 7.84. The van der Waals surface area contributed by atoms with Crippen LogP contribution in [-0.2, 0) is 19.9 Å². The van der Waals surface area contributed by atoms with Crippen molar-refractivity contribution >= 4 is 10.1 Å². The predicted octanol–water partition coefficient (Wildman–Crippen LogP) is 0.623. The maximum atomic E-state index is 10.2. The van der Waals surface area contributed by atoms with Gasteiger partial charge in [0.05, 0.1) is 19.0 Å². The fraction of sp³-hybridized carbons (Fsp3) is 1.00. The lowest BCUT2D eigenvalue weighted by Gasteiger charge is -2.00. The van der Waals surface area contributed by atoms with Gasteiger partial charge in [0.25, 0.3) is 10.1 Å². The van der Waals surface area contributed by atoms with Crippen molar-refractivity contribution in [1.82, 2.24) is 0 Å². The molecule has 0 spiro atoms. The maximum absolute atomic E-state index is 10.2. The van der Waals surface area contributed by atoms with Crippen molar-refractivity contribution in [1.29, 1.82) is 0 Å². The molecule has 0 bridgehead atoms. The fourth-order valence-corrected chi connectivity index (χ4v) is 0.984. The molecule has 0 heterocycles. The molecule has 0 fully saturated rings. The smallest absolute Gasteiger partial charge is 0.264 e. The second-order valence-corrected chi connectivity index (χ2v) is 3.86. The summed E-state index contributed by atoms with van der Waals surface area (Å²) in [4.78, 5) is 9.21. The van der Waals surface area contributed by atoms with Crippen LogP contribution in [0.3, 0.4) is 0 Å². The monoisotopic (exact) mass is 198 g/mol. The van der Waals surface area contributed by atoms with Gasteiger partial charge in [-0.2, -0.15) is 8.42 Å². The minimum Gasteiger partial charge on any atom is -0.286 e. The molecule has 0 amide bonds. The largest absolute Gasteiger partial charge is 0.286 e. The highest BCUT2D eigenvalue weighted by Crippen LogP contribution is 1.90. The Hall–Kier alpha value is -0.170. The maximum Gasteiger partial charge on any atom is 0.264 e. The van der Waals surface area contributed by atoms with Crippen LogP contribution in [0.25, 0.3) is 0 Å². The van der Waals surface area contributed by atoms with Crippen molar-refractivity contribution < 1.29 is 22.7 Å². The Bertz CT molecular complexity index is 186. The molecule has 0 aliphatic carbocycles. The standard InChI is InChI=1S/C6H14O5S/c1-2-4-10-11-5-3-6-12(7,8)9/h2-6H2,1H3,(H,7,8,9). The van der Waals surface area contributed by atoms with E-state index in [1.807, 2.05) is 6.92 Å². The van der Waals surface area contributed by atoms with Gasteiger partial charge in [-0.1, -0.05) is 6.92 Å². The Balaban J connectivity index is 3.12. The van der Waals surface area contributed by atoms with Crippen molar-refractivity contribution in [2.24, 2.45) is 0 Å². The third kappa shape index (κ3) is 9.83. The molecule has 0 aromatic carbocycles. The van der Waals surface area contributed by atoms with Gasteiger partial charge in [0.1, 0.15) is 0 Å². The minimum absolute atomic E-state index is 0.180. The summed E-state index contributed by atoms with van der Waals surface area (Å²) in [5.41, 5.74) is 0. The van der Waals surface area contributed by atoms with E-state index in [1.54, 1.807) is 0 Å². The van der Waals surface area contributed by atoms with E-state index in [0.717, 1.165) is 6.42 Å². The normalized spacial score (nSPS) is 11.8. The Morgan fingerprint density at radius 3 is 2.33 bits per heavy atom. The molecular weight excluding hydrogens is 184 g/mol. The van der Waals surface area contributed by atoms with Gasteiger partial charge < -0.3 is 0 Å². The SMILES string of the molecule is CCCOOCCCS(=O)(=O)O. The van der Waals surface area contributed by atoms with E-state index in [1.165, 1.54) is 0 Å². The lowest BCUT2D eigenvalue weighted by atomic mass is 10.5. The van der Waals surface area contributed by atoms with E-state index in [0.29, 0.717) is 6.61 Å². The van der Waals surface area contributed by atoms with Gasteiger partial charge in [-0.15, -0.1) is 0 Å². The first kappa shape index (κ1) is 11.8. The molecule has 0 atom stereocenters. The number of hydrogen-bond donors (Lipinski definition) is 1. The van der Waals surface area contributed by atoms with E-state index in [9.17, 15) is 8.42 Å². The second kappa shape index (κ2) is 6.36. The summed E-state index contributed by atoms with van der Waals surface area (Å²) in [5, 5.41) is 0. The first-order valence-electron chi connectivity index (χ1n) is 3.76.